The van der Waals surface area contributed by atoms with E-state index in [4.69, 9.17) is 9.47 Å². The minimum Gasteiger partial charge on any atom is -0.491 e. The van der Waals surface area contributed by atoms with Crippen molar-refractivity contribution in [3.05, 3.63) is 60.7 Å². The molecule has 144 valence electrons. The molecule has 0 spiro atoms. The Morgan fingerprint density at radius 2 is 1.44 bits per heavy atom. The highest BCUT2D eigenvalue weighted by molar-refractivity contribution is 5.77. The smallest absolute Gasteiger partial charge is 0.260 e. The number of benzene rings is 2. The molecule has 6 heteroatoms. The highest BCUT2D eigenvalue weighted by Crippen LogP contribution is 2.11. The molecule has 1 N–H and O–H groups in total. The molecule has 27 heavy (non-hydrogen) atoms. The summed E-state index contributed by atoms with van der Waals surface area (Å²) in [7, 11) is 0. The molecule has 0 radical (unpaired) electrons. The molecule has 1 atom stereocenters. The molecule has 3 rings (SSSR count). The van der Waals surface area contributed by atoms with E-state index >= 15 is 0 Å². The number of carbonyl (C=O) groups excluding carboxylic acids is 1. The van der Waals surface area contributed by atoms with Gasteiger partial charge in [0, 0.05) is 32.7 Å². The van der Waals surface area contributed by atoms with E-state index in [-0.39, 0.29) is 19.1 Å². The molecule has 1 saturated heterocycles. The minimum absolute atomic E-state index is 0.00791. The van der Waals surface area contributed by atoms with Crippen molar-refractivity contribution >= 4 is 5.91 Å². The fourth-order valence-electron chi connectivity index (χ4n) is 2.99. The maximum Gasteiger partial charge on any atom is 0.260 e. The first kappa shape index (κ1) is 19.2. The summed E-state index contributed by atoms with van der Waals surface area (Å²) in [5, 5.41) is 10.2. The van der Waals surface area contributed by atoms with Crippen LogP contribution in [-0.2, 0) is 4.79 Å². The van der Waals surface area contributed by atoms with E-state index in [0.29, 0.717) is 25.4 Å². The summed E-state index contributed by atoms with van der Waals surface area (Å²) in [5.41, 5.74) is 0. The van der Waals surface area contributed by atoms with Gasteiger partial charge in [-0.1, -0.05) is 36.4 Å². The van der Waals surface area contributed by atoms with Crippen molar-refractivity contribution < 1.29 is 19.4 Å². The Bertz CT molecular complexity index is 688. The van der Waals surface area contributed by atoms with E-state index < -0.39 is 6.10 Å². The number of β-amino-alcohol motifs (C(OH)–C–C–N with tert-alkyl or cyclic N) is 1. The normalized spacial score (nSPS) is 16.0. The van der Waals surface area contributed by atoms with Crippen LogP contribution in [-0.4, -0.2) is 72.9 Å². The molecule has 0 bridgehead atoms. The van der Waals surface area contributed by atoms with E-state index in [0.717, 1.165) is 18.8 Å². The van der Waals surface area contributed by atoms with Gasteiger partial charge in [0.15, 0.2) is 6.61 Å². The van der Waals surface area contributed by atoms with E-state index in [9.17, 15) is 9.90 Å². The number of carbonyl (C=O) groups is 1. The molecule has 2 aromatic carbocycles. The summed E-state index contributed by atoms with van der Waals surface area (Å²) < 4.78 is 11.1. The molecule has 1 heterocycles. The van der Waals surface area contributed by atoms with Crippen molar-refractivity contribution in [2.45, 2.75) is 6.10 Å². The Morgan fingerprint density at radius 1 is 0.889 bits per heavy atom. The summed E-state index contributed by atoms with van der Waals surface area (Å²) in [6.45, 7) is 3.60. The molecular formula is C21H26N2O4. The Kier molecular flexibility index (Phi) is 7.07. The first-order chi connectivity index (χ1) is 13.2. The number of hydrogen-bond acceptors (Lipinski definition) is 5. The third-order valence-corrected chi connectivity index (χ3v) is 4.49. The van der Waals surface area contributed by atoms with Crippen LogP contribution in [0.2, 0.25) is 0 Å². The molecule has 1 aliphatic heterocycles. The first-order valence-corrected chi connectivity index (χ1v) is 9.24. The third-order valence-electron chi connectivity index (χ3n) is 4.49. The molecular weight excluding hydrogens is 344 g/mol. The quantitative estimate of drug-likeness (QED) is 0.766. The van der Waals surface area contributed by atoms with Gasteiger partial charge >= 0.3 is 0 Å². The zero-order valence-corrected chi connectivity index (χ0v) is 15.4. The maximum atomic E-state index is 12.3. The number of amides is 1. The van der Waals surface area contributed by atoms with Crippen LogP contribution in [0.15, 0.2) is 60.7 Å². The average Bonchev–Trinajstić information content (AvgIpc) is 2.72. The van der Waals surface area contributed by atoms with Gasteiger partial charge in [-0.25, -0.2) is 0 Å². The van der Waals surface area contributed by atoms with Gasteiger partial charge in [-0.05, 0) is 24.3 Å². The summed E-state index contributed by atoms with van der Waals surface area (Å²) in [5.74, 6) is 1.45. The standard InChI is InChI=1S/C21H26N2O4/c24-18(16-26-19-7-3-1-4-8-19)15-22-11-13-23(14-12-22)21(25)17-27-20-9-5-2-6-10-20/h1-10,18,24H,11-17H2/t18-/m0/s1. The molecule has 0 aromatic heterocycles. The van der Waals surface area contributed by atoms with Crippen molar-refractivity contribution in [3.63, 3.8) is 0 Å². The van der Waals surface area contributed by atoms with E-state index in [2.05, 4.69) is 4.90 Å². The molecule has 6 nitrogen and oxygen atoms in total. The van der Waals surface area contributed by atoms with Crippen LogP contribution in [0, 0.1) is 0 Å². The van der Waals surface area contributed by atoms with Gasteiger partial charge < -0.3 is 19.5 Å². The Balaban J connectivity index is 1.34. The molecule has 2 aromatic rings. The number of aliphatic hydroxyl groups is 1. The highest BCUT2D eigenvalue weighted by atomic mass is 16.5. The van der Waals surface area contributed by atoms with Crippen molar-refractivity contribution in [1.82, 2.24) is 9.80 Å². The molecule has 0 aliphatic carbocycles. The summed E-state index contributed by atoms with van der Waals surface area (Å²) in [6.07, 6.45) is -0.561. The van der Waals surface area contributed by atoms with Crippen LogP contribution in [0.1, 0.15) is 0 Å². The lowest BCUT2D eigenvalue weighted by atomic mass is 10.2. The second-order valence-electron chi connectivity index (χ2n) is 6.56. The van der Waals surface area contributed by atoms with E-state index in [1.807, 2.05) is 65.6 Å². The molecule has 1 aliphatic rings. The Labute approximate surface area is 159 Å². The van der Waals surface area contributed by atoms with Crippen LogP contribution >= 0.6 is 0 Å². The second kappa shape index (κ2) is 9.94. The van der Waals surface area contributed by atoms with Crippen molar-refractivity contribution in [3.8, 4) is 11.5 Å². The lowest BCUT2D eigenvalue weighted by molar-refractivity contribution is -0.135. The average molecular weight is 370 g/mol. The lowest BCUT2D eigenvalue weighted by Gasteiger charge is -2.35. The van der Waals surface area contributed by atoms with E-state index in [1.165, 1.54) is 0 Å². The number of rotatable bonds is 8. The summed E-state index contributed by atoms with van der Waals surface area (Å²) in [6, 6.07) is 18.8. The molecule has 1 fully saturated rings. The predicted octanol–water partition coefficient (Wildman–Crippen LogP) is 1.65. The SMILES string of the molecule is O=C(COc1ccccc1)N1CCN(C[C@H](O)COc2ccccc2)CC1. The molecule has 1 amide bonds. The second-order valence-corrected chi connectivity index (χ2v) is 6.56. The van der Waals surface area contributed by atoms with Gasteiger partial charge in [0.25, 0.3) is 5.91 Å². The van der Waals surface area contributed by atoms with Crippen molar-refractivity contribution in [1.29, 1.82) is 0 Å². The lowest BCUT2D eigenvalue weighted by Crippen LogP contribution is -2.51. The van der Waals surface area contributed by atoms with Gasteiger partial charge in [-0.2, -0.15) is 0 Å². The predicted molar refractivity (Wildman–Crippen MR) is 103 cm³/mol. The largest absolute Gasteiger partial charge is 0.491 e. The number of para-hydroxylation sites is 2. The van der Waals surface area contributed by atoms with Crippen molar-refractivity contribution in [2.75, 3.05) is 45.9 Å². The number of piperazine rings is 1. The molecule has 0 unspecified atom stereocenters. The van der Waals surface area contributed by atoms with E-state index in [1.54, 1.807) is 0 Å². The number of aliphatic hydroxyl groups excluding tert-OH is 1. The minimum atomic E-state index is -0.561. The molecule has 0 saturated carbocycles. The number of hydrogen-bond donors (Lipinski definition) is 1. The maximum absolute atomic E-state index is 12.3. The summed E-state index contributed by atoms with van der Waals surface area (Å²) >= 11 is 0. The fraction of sp³-hybridized carbons (Fsp3) is 0.381. The topological polar surface area (TPSA) is 62.2 Å². The van der Waals surface area contributed by atoms with Gasteiger partial charge in [0.05, 0.1) is 0 Å². The van der Waals surface area contributed by atoms with Crippen molar-refractivity contribution in [2.24, 2.45) is 0 Å². The number of nitrogens with zero attached hydrogens (tertiary/aromatic N) is 2. The van der Waals surface area contributed by atoms with Crippen LogP contribution in [0.5, 0.6) is 11.5 Å². The zero-order valence-electron chi connectivity index (χ0n) is 15.4. The van der Waals surface area contributed by atoms with Crippen LogP contribution in [0.25, 0.3) is 0 Å². The van der Waals surface area contributed by atoms with Crippen LogP contribution in [0.4, 0.5) is 0 Å². The summed E-state index contributed by atoms with van der Waals surface area (Å²) in [4.78, 5) is 16.2. The Morgan fingerprint density at radius 3 is 2.04 bits per heavy atom. The Hall–Kier alpha value is -2.57. The van der Waals surface area contributed by atoms with Gasteiger partial charge in [0.2, 0.25) is 0 Å². The third kappa shape index (κ3) is 6.27. The first-order valence-electron chi connectivity index (χ1n) is 9.24. The van der Waals surface area contributed by atoms with Crippen LogP contribution < -0.4 is 9.47 Å². The zero-order chi connectivity index (χ0) is 18.9. The van der Waals surface area contributed by atoms with Crippen LogP contribution in [0.3, 0.4) is 0 Å². The van der Waals surface area contributed by atoms with Gasteiger partial charge in [0.1, 0.15) is 24.2 Å². The highest BCUT2D eigenvalue weighted by Gasteiger charge is 2.23. The fourth-order valence-corrected chi connectivity index (χ4v) is 2.99. The van der Waals surface area contributed by atoms with Gasteiger partial charge in [-0.3, -0.25) is 9.69 Å². The van der Waals surface area contributed by atoms with Gasteiger partial charge in [-0.15, -0.1) is 0 Å². The monoisotopic (exact) mass is 370 g/mol. The number of ether oxygens (including phenoxy) is 2.